The molecule has 2 heterocycles. The molecule has 0 bridgehead atoms. The standard InChI is InChI=1S/C26H25F3N4O2/c1-33-13-11-19(12-14-33)17-35-22-9-8-20(25-30-16-23(32-25)26(27,28)29)15-21(22)31-24(34)10-7-18-5-3-2-4-6-18/h2-6,8-9,15-16,19H,11-14,17H2,1H3,(H,30,32)(H,31,34). The van der Waals surface area contributed by atoms with E-state index in [2.05, 4.69) is 39.1 Å². The Hall–Kier alpha value is -3.77. The van der Waals surface area contributed by atoms with Crippen LogP contribution >= 0.6 is 0 Å². The molecule has 1 saturated heterocycles. The number of benzene rings is 2. The van der Waals surface area contributed by atoms with E-state index in [1.807, 2.05) is 18.2 Å². The van der Waals surface area contributed by atoms with Crippen LogP contribution in [0.3, 0.4) is 0 Å². The van der Waals surface area contributed by atoms with Crippen LogP contribution in [0.15, 0.2) is 54.7 Å². The van der Waals surface area contributed by atoms with E-state index < -0.39 is 17.8 Å². The maximum Gasteiger partial charge on any atom is 0.432 e. The molecule has 2 N–H and O–H groups in total. The van der Waals surface area contributed by atoms with Crippen LogP contribution in [0.25, 0.3) is 11.4 Å². The molecule has 35 heavy (non-hydrogen) atoms. The number of hydrogen-bond donors (Lipinski definition) is 2. The van der Waals surface area contributed by atoms with Gasteiger partial charge in [0.15, 0.2) is 0 Å². The van der Waals surface area contributed by atoms with Gasteiger partial charge in [-0.05, 0) is 69.2 Å². The highest BCUT2D eigenvalue weighted by atomic mass is 19.4. The normalized spacial score (nSPS) is 14.7. The van der Waals surface area contributed by atoms with Crippen molar-refractivity contribution in [3.05, 3.63) is 66.0 Å². The highest BCUT2D eigenvalue weighted by molar-refractivity contribution is 6.05. The lowest BCUT2D eigenvalue weighted by atomic mass is 9.98. The fourth-order valence-corrected chi connectivity index (χ4v) is 3.75. The fraction of sp³-hybridized carbons (Fsp3) is 0.308. The Morgan fingerprint density at radius 1 is 1.20 bits per heavy atom. The minimum Gasteiger partial charge on any atom is -0.491 e. The van der Waals surface area contributed by atoms with Crippen molar-refractivity contribution in [3.8, 4) is 29.0 Å². The molecule has 9 heteroatoms. The number of aromatic nitrogens is 2. The number of imidazole rings is 1. The molecule has 4 rings (SSSR count). The molecule has 3 aromatic rings. The Bertz CT molecular complexity index is 1220. The van der Waals surface area contributed by atoms with Gasteiger partial charge in [-0.1, -0.05) is 24.1 Å². The molecule has 1 aliphatic heterocycles. The van der Waals surface area contributed by atoms with Crippen molar-refractivity contribution >= 4 is 11.6 Å². The number of anilines is 1. The molecule has 0 aliphatic carbocycles. The molecule has 1 fully saturated rings. The molecule has 182 valence electrons. The monoisotopic (exact) mass is 482 g/mol. The first-order valence-corrected chi connectivity index (χ1v) is 11.2. The number of alkyl halides is 3. The summed E-state index contributed by atoms with van der Waals surface area (Å²) >= 11 is 0. The average molecular weight is 483 g/mol. The second kappa shape index (κ2) is 10.7. The molecule has 1 aromatic heterocycles. The van der Waals surface area contributed by atoms with E-state index in [4.69, 9.17) is 4.74 Å². The third-order valence-corrected chi connectivity index (χ3v) is 5.79. The fourth-order valence-electron chi connectivity index (χ4n) is 3.75. The molecular formula is C26H25F3N4O2. The van der Waals surface area contributed by atoms with Gasteiger partial charge < -0.3 is 19.9 Å². The second-order valence-electron chi connectivity index (χ2n) is 8.48. The summed E-state index contributed by atoms with van der Waals surface area (Å²) in [4.78, 5) is 20.9. The molecule has 0 saturated carbocycles. The van der Waals surface area contributed by atoms with Crippen LogP contribution in [-0.2, 0) is 11.0 Å². The Morgan fingerprint density at radius 2 is 1.94 bits per heavy atom. The highest BCUT2D eigenvalue weighted by Crippen LogP contribution is 2.33. The minimum absolute atomic E-state index is 0.0325. The van der Waals surface area contributed by atoms with Crippen LogP contribution in [0.4, 0.5) is 18.9 Å². The van der Waals surface area contributed by atoms with Crippen LogP contribution < -0.4 is 10.1 Å². The Morgan fingerprint density at radius 3 is 2.63 bits per heavy atom. The third kappa shape index (κ3) is 6.64. The molecule has 0 radical (unpaired) electrons. The number of hydrogen-bond acceptors (Lipinski definition) is 4. The maximum absolute atomic E-state index is 13.0. The summed E-state index contributed by atoms with van der Waals surface area (Å²) < 4.78 is 45.0. The van der Waals surface area contributed by atoms with Gasteiger partial charge in [0.05, 0.1) is 18.5 Å². The van der Waals surface area contributed by atoms with Gasteiger partial charge in [0.2, 0.25) is 0 Å². The summed E-state index contributed by atoms with van der Waals surface area (Å²) in [5.41, 5.74) is 0.422. The van der Waals surface area contributed by atoms with Crippen LogP contribution in [0.2, 0.25) is 0 Å². The van der Waals surface area contributed by atoms with E-state index in [9.17, 15) is 18.0 Å². The van der Waals surface area contributed by atoms with Crippen LogP contribution in [0.1, 0.15) is 24.1 Å². The van der Waals surface area contributed by atoms with E-state index in [-0.39, 0.29) is 5.82 Å². The highest BCUT2D eigenvalue weighted by Gasteiger charge is 2.33. The summed E-state index contributed by atoms with van der Waals surface area (Å²) in [5.74, 6) is 5.59. The molecule has 0 atom stereocenters. The van der Waals surface area contributed by atoms with Gasteiger partial charge in [-0.25, -0.2) is 4.98 Å². The number of nitrogens with one attached hydrogen (secondary N) is 2. The molecule has 1 amide bonds. The number of amides is 1. The number of ether oxygens (including phenoxy) is 1. The van der Waals surface area contributed by atoms with E-state index in [0.29, 0.717) is 35.1 Å². The van der Waals surface area contributed by atoms with Crippen molar-refractivity contribution < 1.29 is 22.7 Å². The smallest absolute Gasteiger partial charge is 0.432 e. The van der Waals surface area contributed by atoms with Gasteiger partial charge in [0.25, 0.3) is 0 Å². The predicted molar refractivity (Wildman–Crippen MR) is 127 cm³/mol. The first kappa shape index (κ1) is 24.4. The summed E-state index contributed by atoms with van der Waals surface area (Å²) in [7, 11) is 2.08. The lowest BCUT2D eigenvalue weighted by molar-refractivity contribution is -0.140. The number of aromatic amines is 1. The van der Waals surface area contributed by atoms with Gasteiger partial charge in [0, 0.05) is 17.0 Å². The van der Waals surface area contributed by atoms with E-state index in [1.165, 1.54) is 6.07 Å². The third-order valence-electron chi connectivity index (χ3n) is 5.79. The Kier molecular flexibility index (Phi) is 7.42. The van der Waals surface area contributed by atoms with E-state index >= 15 is 0 Å². The minimum atomic E-state index is -4.54. The zero-order chi connectivity index (χ0) is 24.8. The number of likely N-dealkylation sites (tertiary alicyclic amines) is 1. The van der Waals surface area contributed by atoms with Gasteiger partial charge in [-0.2, -0.15) is 13.2 Å². The molecule has 1 aliphatic rings. The molecule has 0 spiro atoms. The summed E-state index contributed by atoms with van der Waals surface area (Å²) in [6, 6.07) is 13.8. The van der Waals surface area contributed by atoms with Crippen LogP contribution in [0.5, 0.6) is 5.75 Å². The topological polar surface area (TPSA) is 70.2 Å². The summed E-state index contributed by atoms with van der Waals surface area (Å²) in [6.07, 6.45) is -1.78. The van der Waals surface area contributed by atoms with Gasteiger partial charge in [0.1, 0.15) is 17.3 Å². The number of halogens is 3. The number of rotatable bonds is 5. The quantitative estimate of drug-likeness (QED) is 0.513. The Labute approximate surface area is 201 Å². The second-order valence-corrected chi connectivity index (χ2v) is 8.48. The maximum atomic E-state index is 13.0. The van der Waals surface area contributed by atoms with Crippen molar-refractivity contribution in [2.24, 2.45) is 5.92 Å². The van der Waals surface area contributed by atoms with E-state index in [1.54, 1.807) is 24.3 Å². The lowest BCUT2D eigenvalue weighted by Crippen LogP contribution is -2.32. The number of H-pyrrole nitrogens is 1. The van der Waals surface area contributed by atoms with Crippen molar-refractivity contribution in [3.63, 3.8) is 0 Å². The van der Waals surface area contributed by atoms with Crippen LogP contribution in [-0.4, -0.2) is 47.5 Å². The number of nitrogens with zero attached hydrogens (tertiary/aromatic N) is 2. The predicted octanol–water partition coefficient (Wildman–Crippen LogP) is 4.81. The van der Waals surface area contributed by atoms with E-state index in [0.717, 1.165) is 32.1 Å². The molecule has 2 aromatic carbocycles. The average Bonchev–Trinajstić information content (AvgIpc) is 3.35. The first-order valence-electron chi connectivity index (χ1n) is 11.2. The Balaban J connectivity index is 1.55. The number of piperidine rings is 1. The number of carbonyl (C=O) groups excluding carboxylic acids is 1. The lowest BCUT2D eigenvalue weighted by Gasteiger charge is -2.29. The van der Waals surface area contributed by atoms with Gasteiger partial charge in [-0.3, -0.25) is 4.79 Å². The molecule has 0 unspecified atom stereocenters. The van der Waals surface area contributed by atoms with Crippen molar-refractivity contribution in [2.45, 2.75) is 19.0 Å². The van der Waals surface area contributed by atoms with Crippen molar-refractivity contribution in [1.29, 1.82) is 0 Å². The van der Waals surface area contributed by atoms with Gasteiger partial charge >= 0.3 is 12.1 Å². The molecule has 6 nitrogen and oxygen atoms in total. The zero-order valence-electron chi connectivity index (χ0n) is 19.2. The van der Waals surface area contributed by atoms with Gasteiger partial charge in [-0.15, -0.1) is 0 Å². The largest absolute Gasteiger partial charge is 0.491 e. The van der Waals surface area contributed by atoms with Crippen molar-refractivity contribution in [2.75, 3.05) is 32.1 Å². The van der Waals surface area contributed by atoms with Crippen LogP contribution in [0, 0.1) is 17.8 Å². The first-order chi connectivity index (χ1) is 16.8. The summed E-state index contributed by atoms with van der Waals surface area (Å²) in [5, 5.41) is 2.71. The van der Waals surface area contributed by atoms with Crippen molar-refractivity contribution in [1.82, 2.24) is 14.9 Å². The SMILES string of the molecule is CN1CCC(COc2ccc(-c3ncc(C(F)(F)F)[nH]3)cc2NC(=O)C#Cc2ccccc2)CC1. The zero-order valence-corrected chi connectivity index (χ0v) is 19.2. The number of carbonyl (C=O) groups is 1. The molecular weight excluding hydrogens is 457 g/mol. The summed E-state index contributed by atoms with van der Waals surface area (Å²) in [6.45, 7) is 2.46.